The van der Waals surface area contributed by atoms with E-state index in [0.29, 0.717) is 5.54 Å². The molecule has 2 heteroatoms. The van der Waals surface area contributed by atoms with Crippen LogP contribution in [0.4, 0.5) is 0 Å². The molecule has 0 aromatic carbocycles. The van der Waals surface area contributed by atoms with Crippen molar-refractivity contribution in [3.8, 4) is 0 Å². The number of rotatable bonds is 2. The van der Waals surface area contributed by atoms with Gasteiger partial charge in [0.15, 0.2) is 0 Å². The van der Waals surface area contributed by atoms with E-state index in [1.54, 1.807) is 0 Å². The average Bonchev–Trinajstić information content (AvgIpc) is 2.42. The molecule has 0 saturated carbocycles. The van der Waals surface area contributed by atoms with Crippen LogP contribution in [0.2, 0.25) is 0 Å². The number of nitrogens with zero attached hydrogens (tertiary/aromatic N) is 2. The average molecular weight is 254 g/mol. The molecule has 0 aromatic rings. The zero-order valence-electron chi connectivity index (χ0n) is 13.3. The normalized spacial score (nSPS) is 25.0. The lowest BCUT2D eigenvalue weighted by Gasteiger charge is -2.52. The highest BCUT2D eigenvalue weighted by atomic mass is 15.2. The summed E-state index contributed by atoms with van der Waals surface area (Å²) in [5, 5.41) is 0. The second-order valence-corrected chi connectivity index (χ2v) is 5.89. The zero-order valence-corrected chi connectivity index (χ0v) is 13.3. The molecule has 0 radical (unpaired) electrons. The fourth-order valence-corrected chi connectivity index (χ4v) is 3.67. The largest absolute Gasteiger partial charge is 0.301 e. The number of hydrogen-bond donors (Lipinski definition) is 0. The molecule has 2 heterocycles. The van der Waals surface area contributed by atoms with Gasteiger partial charge in [0.25, 0.3) is 0 Å². The molecule has 108 valence electrons. The summed E-state index contributed by atoms with van der Waals surface area (Å²) in [7, 11) is 0. The van der Waals surface area contributed by atoms with Crippen molar-refractivity contribution in [3.05, 3.63) is 0 Å². The monoisotopic (exact) mass is 254 g/mol. The minimum absolute atomic E-state index is 0.582. The first-order valence-corrected chi connectivity index (χ1v) is 8.17. The van der Waals surface area contributed by atoms with Gasteiger partial charge in [-0.1, -0.05) is 27.2 Å². The summed E-state index contributed by atoms with van der Waals surface area (Å²) in [5.41, 5.74) is 0.582. The molecule has 1 spiro atoms. The molecule has 2 aliphatic heterocycles. The summed E-state index contributed by atoms with van der Waals surface area (Å²) in [5.74, 6) is 0. The van der Waals surface area contributed by atoms with Gasteiger partial charge in [0, 0.05) is 24.7 Å². The molecule has 2 saturated heterocycles. The molecule has 2 aliphatic rings. The van der Waals surface area contributed by atoms with Crippen LogP contribution in [-0.4, -0.2) is 47.6 Å². The SMILES string of the molecule is CC.CCN1CCCCC12CCN(C(C)C)CC2. The Labute approximate surface area is 115 Å². The van der Waals surface area contributed by atoms with Gasteiger partial charge in [-0.05, 0) is 52.6 Å². The predicted molar refractivity (Wildman–Crippen MR) is 81.1 cm³/mol. The lowest BCUT2D eigenvalue weighted by atomic mass is 9.78. The molecule has 0 aromatic heterocycles. The summed E-state index contributed by atoms with van der Waals surface area (Å²) in [6, 6.07) is 0.732. The number of likely N-dealkylation sites (tertiary alicyclic amines) is 2. The van der Waals surface area contributed by atoms with Crippen LogP contribution in [0.15, 0.2) is 0 Å². The van der Waals surface area contributed by atoms with Crippen molar-refractivity contribution in [2.75, 3.05) is 26.2 Å². The van der Waals surface area contributed by atoms with Gasteiger partial charge in [-0.2, -0.15) is 0 Å². The van der Waals surface area contributed by atoms with Crippen LogP contribution < -0.4 is 0 Å². The van der Waals surface area contributed by atoms with Crippen LogP contribution in [0.5, 0.6) is 0 Å². The minimum atomic E-state index is 0.582. The zero-order chi connectivity index (χ0) is 13.6. The first kappa shape index (κ1) is 16.0. The van der Waals surface area contributed by atoms with Gasteiger partial charge in [0.05, 0.1) is 0 Å². The number of hydrogen-bond acceptors (Lipinski definition) is 2. The Balaban J connectivity index is 0.000000771. The van der Waals surface area contributed by atoms with Crippen molar-refractivity contribution in [1.29, 1.82) is 0 Å². The van der Waals surface area contributed by atoms with Crippen LogP contribution in [-0.2, 0) is 0 Å². The third-order valence-corrected chi connectivity index (χ3v) is 4.83. The van der Waals surface area contributed by atoms with Crippen molar-refractivity contribution < 1.29 is 0 Å². The van der Waals surface area contributed by atoms with Crippen LogP contribution in [0, 0.1) is 0 Å². The van der Waals surface area contributed by atoms with E-state index in [1.807, 2.05) is 13.8 Å². The molecule has 0 atom stereocenters. The maximum absolute atomic E-state index is 2.77. The van der Waals surface area contributed by atoms with Crippen molar-refractivity contribution in [1.82, 2.24) is 9.80 Å². The maximum atomic E-state index is 2.77. The molecular weight excluding hydrogens is 220 g/mol. The standard InChI is InChI=1S/C14H28N2.C2H6/c1-4-16-10-6-5-7-14(16)8-11-15(12-9-14)13(2)3;1-2/h13H,4-12H2,1-3H3;1-2H3. The van der Waals surface area contributed by atoms with Crippen LogP contribution in [0.1, 0.15) is 66.7 Å². The van der Waals surface area contributed by atoms with Gasteiger partial charge in [-0.3, -0.25) is 4.90 Å². The van der Waals surface area contributed by atoms with Crippen LogP contribution in [0.25, 0.3) is 0 Å². The highest BCUT2D eigenvalue weighted by Gasteiger charge is 2.40. The van der Waals surface area contributed by atoms with E-state index in [-0.39, 0.29) is 0 Å². The Morgan fingerprint density at radius 1 is 0.944 bits per heavy atom. The molecule has 0 N–H and O–H groups in total. The Kier molecular flexibility index (Phi) is 6.65. The highest BCUT2D eigenvalue weighted by molar-refractivity contribution is 4.97. The topological polar surface area (TPSA) is 6.48 Å². The van der Waals surface area contributed by atoms with E-state index >= 15 is 0 Å². The van der Waals surface area contributed by atoms with Crippen LogP contribution in [0.3, 0.4) is 0 Å². The third kappa shape index (κ3) is 3.48. The van der Waals surface area contributed by atoms with Gasteiger partial charge in [-0.25, -0.2) is 0 Å². The lowest BCUT2D eigenvalue weighted by molar-refractivity contribution is -0.0110. The van der Waals surface area contributed by atoms with E-state index in [1.165, 1.54) is 58.3 Å². The van der Waals surface area contributed by atoms with Gasteiger partial charge < -0.3 is 4.90 Å². The molecule has 2 nitrogen and oxygen atoms in total. The second kappa shape index (κ2) is 7.49. The van der Waals surface area contributed by atoms with Gasteiger partial charge >= 0.3 is 0 Å². The van der Waals surface area contributed by atoms with Gasteiger partial charge in [-0.15, -0.1) is 0 Å². The fraction of sp³-hybridized carbons (Fsp3) is 1.00. The van der Waals surface area contributed by atoms with E-state index < -0.39 is 0 Å². The Hall–Kier alpha value is -0.0800. The fourth-order valence-electron chi connectivity index (χ4n) is 3.67. The molecule has 0 unspecified atom stereocenters. The van der Waals surface area contributed by atoms with E-state index in [2.05, 4.69) is 30.6 Å². The lowest BCUT2D eigenvalue weighted by Crippen LogP contribution is -2.58. The maximum Gasteiger partial charge on any atom is 0.0233 e. The van der Waals surface area contributed by atoms with E-state index in [0.717, 1.165) is 6.04 Å². The molecule has 2 rings (SSSR count). The highest BCUT2D eigenvalue weighted by Crippen LogP contribution is 2.37. The first-order valence-electron chi connectivity index (χ1n) is 8.17. The third-order valence-electron chi connectivity index (χ3n) is 4.83. The Morgan fingerprint density at radius 3 is 2.06 bits per heavy atom. The molecule has 0 aliphatic carbocycles. The molecule has 0 amide bonds. The van der Waals surface area contributed by atoms with Crippen molar-refractivity contribution in [3.63, 3.8) is 0 Å². The van der Waals surface area contributed by atoms with Crippen molar-refractivity contribution in [2.24, 2.45) is 0 Å². The minimum Gasteiger partial charge on any atom is -0.301 e. The molecule has 2 fully saturated rings. The molecular formula is C16H34N2. The summed E-state index contributed by atoms with van der Waals surface area (Å²) in [6.45, 7) is 16.2. The molecule has 18 heavy (non-hydrogen) atoms. The van der Waals surface area contributed by atoms with Crippen molar-refractivity contribution in [2.45, 2.75) is 78.3 Å². The number of piperidine rings is 2. The first-order chi connectivity index (χ1) is 8.68. The van der Waals surface area contributed by atoms with E-state index in [9.17, 15) is 0 Å². The van der Waals surface area contributed by atoms with Crippen LogP contribution >= 0.6 is 0 Å². The summed E-state index contributed by atoms with van der Waals surface area (Å²) in [4.78, 5) is 5.42. The second-order valence-electron chi connectivity index (χ2n) is 5.89. The Morgan fingerprint density at radius 2 is 1.56 bits per heavy atom. The van der Waals surface area contributed by atoms with E-state index in [4.69, 9.17) is 0 Å². The quantitative estimate of drug-likeness (QED) is 0.740. The smallest absolute Gasteiger partial charge is 0.0233 e. The van der Waals surface area contributed by atoms with Gasteiger partial charge in [0.2, 0.25) is 0 Å². The van der Waals surface area contributed by atoms with Gasteiger partial charge in [0.1, 0.15) is 0 Å². The summed E-state index contributed by atoms with van der Waals surface area (Å²) >= 11 is 0. The van der Waals surface area contributed by atoms with Crippen molar-refractivity contribution >= 4 is 0 Å². The summed E-state index contributed by atoms with van der Waals surface area (Å²) < 4.78 is 0. The molecule has 0 bridgehead atoms. The predicted octanol–water partition coefficient (Wildman–Crippen LogP) is 3.76. The Bertz CT molecular complexity index is 217. The summed E-state index contributed by atoms with van der Waals surface area (Å²) in [6.07, 6.45) is 7.13.